The number of rotatable bonds is 7. The lowest BCUT2D eigenvalue weighted by molar-refractivity contribution is -0.249. The van der Waals surface area contributed by atoms with Crippen LogP contribution in [0.25, 0.3) is 11.1 Å². The van der Waals surface area contributed by atoms with Crippen LogP contribution >= 0.6 is 0 Å². The van der Waals surface area contributed by atoms with Crippen LogP contribution in [0.1, 0.15) is 35.7 Å². The fraction of sp³-hybridized carbons (Fsp3) is 0.429. The smallest absolute Gasteiger partial charge is 0.418 e. The van der Waals surface area contributed by atoms with Crippen molar-refractivity contribution in [3.8, 4) is 17.0 Å². The second-order valence-electron chi connectivity index (χ2n) is 7.86. The predicted molar refractivity (Wildman–Crippen MR) is 102 cm³/mol. The summed E-state index contributed by atoms with van der Waals surface area (Å²) in [6.07, 6.45) is -6.43. The van der Waals surface area contributed by atoms with E-state index in [9.17, 15) is 36.2 Å². The molecule has 0 saturated heterocycles. The molecular formula is C21H20F6N2O3. The second kappa shape index (κ2) is 8.61. The molecule has 2 N–H and O–H groups in total. The van der Waals surface area contributed by atoms with Gasteiger partial charge in [0.05, 0.1) is 24.3 Å². The molecule has 3 rings (SSSR count). The molecule has 1 fully saturated rings. The summed E-state index contributed by atoms with van der Waals surface area (Å²) in [5, 5.41) is 11.5. The molecule has 0 bridgehead atoms. The molecule has 32 heavy (non-hydrogen) atoms. The van der Waals surface area contributed by atoms with Crippen molar-refractivity contribution in [2.75, 3.05) is 13.2 Å². The molecule has 1 atom stereocenters. The molecule has 1 aliphatic rings. The minimum absolute atomic E-state index is 0.0931. The summed E-state index contributed by atoms with van der Waals surface area (Å²) in [7, 11) is 0. The number of alkyl halides is 6. The first-order valence-electron chi connectivity index (χ1n) is 9.66. The molecule has 1 saturated carbocycles. The van der Waals surface area contributed by atoms with Gasteiger partial charge in [0.25, 0.3) is 5.91 Å². The topological polar surface area (TPSA) is 71.5 Å². The quantitative estimate of drug-likeness (QED) is 0.590. The number of aromatic nitrogens is 1. The number of nitrogens with one attached hydrogen (secondary N) is 1. The van der Waals surface area contributed by atoms with Gasteiger partial charge < -0.3 is 15.2 Å². The van der Waals surface area contributed by atoms with Crippen molar-refractivity contribution in [3.63, 3.8) is 0 Å². The Bertz CT molecular complexity index is 967. The van der Waals surface area contributed by atoms with Gasteiger partial charge in [0.2, 0.25) is 5.88 Å². The third kappa shape index (κ3) is 5.70. The lowest BCUT2D eigenvalue weighted by Gasteiger charge is -2.26. The Balaban J connectivity index is 1.86. The summed E-state index contributed by atoms with van der Waals surface area (Å²) in [5.74, 6) is -0.496. The van der Waals surface area contributed by atoms with E-state index < -0.39 is 36.0 Å². The van der Waals surface area contributed by atoms with Crippen LogP contribution in [0.4, 0.5) is 26.3 Å². The highest BCUT2D eigenvalue weighted by molar-refractivity contribution is 5.95. The van der Waals surface area contributed by atoms with Crippen molar-refractivity contribution < 1.29 is 41.0 Å². The van der Waals surface area contributed by atoms with Crippen LogP contribution in [0, 0.1) is 5.92 Å². The van der Waals surface area contributed by atoms with Gasteiger partial charge in [-0.1, -0.05) is 12.1 Å². The van der Waals surface area contributed by atoms with E-state index in [0.29, 0.717) is 19.4 Å². The number of pyridine rings is 1. The molecule has 11 heteroatoms. The number of nitrogens with zero attached hydrogens (tertiary/aromatic N) is 1. The maximum absolute atomic E-state index is 12.9. The Morgan fingerprint density at radius 1 is 1.16 bits per heavy atom. The fourth-order valence-electron chi connectivity index (χ4n) is 2.67. The van der Waals surface area contributed by atoms with Gasteiger partial charge in [-0.3, -0.25) is 4.79 Å². The summed E-state index contributed by atoms with van der Waals surface area (Å²) < 4.78 is 82.6. The summed E-state index contributed by atoms with van der Waals surface area (Å²) in [4.78, 5) is 16.4. The lowest BCUT2D eigenvalue weighted by Crippen LogP contribution is -2.51. The van der Waals surface area contributed by atoms with Crippen LogP contribution in [0.5, 0.6) is 5.88 Å². The van der Waals surface area contributed by atoms with Gasteiger partial charge in [0.15, 0.2) is 5.60 Å². The summed E-state index contributed by atoms with van der Waals surface area (Å²) in [5.41, 5.74) is -3.64. The third-order valence-corrected chi connectivity index (χ3v) is 4.99. The number of carbonyl (C=O) groups is 1. The zero-order valence-corrected chi connectivity index (χ0v) is 16.8. The van der Waals surface area contributed by atoms with Gasteiger partial charge >= 0.3 is 12.4 Å². The van der Waals surface area contributed by atoms with Crippen molar-refractivity contribution in [1.82, 2.24) is 10.3 Å². The number of benzene rings is 1. The molecule has 1 aromatic carbocycles. The Hall–Kier alpha value is -2.82. The first-order chi connectivity index (χ1) is 14.8. The molecule has 0 radical (unpaired) electrons. The molecule has 174 valence electrons. The maximum Gasteiger partial charge on any atom is 0.418 e. The summed E-state index contributed by atoms with van der Waals surface area (Å²) in [6.45, 7) is -0.223. The standard InChI is InChI=1S/C21H20F6N2O3/c1-19(31,21(25,26)27)11-29-17(30)14-8-16(18(28-9-14)32-10-12-2-3-12)13-4-6-15(7-5-13)20(22,23)24/h4-9,12,31H,2-3,10-11H2,1H3,(H,29,30). The van der Waals surface area contributed by atoms with Gasteiger partial charge in [-0.15, -0.1) is 0 Å². The van der Waals surface area contributed by atoms with E-state index in [0.717, 1.165) is 31.2 Å². The van der Waals surface area contributed by atoms with Crippen LogP contribution in [-0.2, 0) is 6.18 Å². The predicted octanol–water partition coefficient (Wildman–Crippen LogP) is 4.60. The van der Waals surface area contributed by atoms with E-state index in [1.54, 1.807) is 0 Å². The van der Waals surface area contributed by atoms with Gasteiger partial charge in [0.1, 0.15) is 0 Å². The molecule has 1 amide bonds. The van der Waals surface area contributed by atoms with Crippen molar-refractivity contribution >= 4 is 5.91 Å². The van der Waals surface area contributed by atoms with Crippen LogP contribution in [-0.4, -0.2) is 40.9 Å². The number of carbonyl (C=O) groups excluding carboxylic acids is 1. The SMILES string of the molecule is CC(O)(CNC(=O)c1cnc(OCC2CC2)c(-c2ccc(C(F)(F)F)cc2)c1)C(F)(F)F. The number of ether oxygens (including phenoxy) is 1. The van der Waals surface area contributed by atoms with Crippen molar-refractivity contribution in [1.29, 1.82) is 0 Å². The van der Waals surface area contributed by atoms with Gasteiger partial charge in [0, 0.05) is 11.8 Å². The Morgan fingerprint density at radius 2 is 1.78 bits per heavy atom. The molecule has 5 nitrogen and oxygen atoms in total. The fourth-order valence-corrected chi connectivity index (χ4v) is 2.67. The number of halogens is 6. The first-order valence-corrected chi connectivity index (χ1v) is 9.66. The van der Waals surface area contributed by atoms with E-state index >= 15 is 0 Å². The van der Waals surface area contributed by atoms with Crippen molar-refractivity contribution in [2.24, 2.45) is 5.92 Å². The molecule has 2 aromatic rings. The number of hydrogen-bond donors (Lipinski definition) is 2. The Kier molecular flexibility index (Phi) is 6.41. The normalized spacial score (nSPS) is 16.4. The van der Waals surface area contributed by atoms with E-state index in [2.05, 4.69) is 4.98 Å². The van der Waals surface area contributed by atoms with Gasteiger partial charge in [-0.05, 0) is 49.4 Å². The summed E-state index contributed by atoms with van der Waals surface area (Å²) >= 11 is 0. The minimum atomic E-state index is -4.95. The summed E-state index contributed by atoms with van der Waals surface area (Å²) in [6, 6.07) is 5.40. The molecule has 1 heterocycles. The highest BCUT2D eigenvalue weighted by Crippen LogP contribution is 2.35. The average Bonchev–Trinajstić information content (AvgIpc) is 3.53. The monoisotopic (exact) mass is 462 g/mol. The zero-order chi connectivity index (χ0) is 23.7. The Labute approximate surface area is 179 Å². The Morgan fingerprint density at radius 3 is 2.31 bits per heavy atom. The number of hydrogen-bond acceptors (Lipinski definition) is 4. The molecule has 1 aromatic heterocycles. The van der Waals surface area contributed by atoms with E-state index in [1.165, 1.54) is 18.2 Å². The molecule has 1 aliphatic carbocycles. The number of amides is 1. The van der Waals surface area contributed by atoms with Crippen LogP contribution < -0.4 is 10.1 Å². The molecule has 1 unspecified atom stereocenters. The van der Waals surface area contributed by atoms with Crippen LogP contribution in [0.2, 0.25) is 0 Å². The van der Waals surface area contributed by atoms with Crippen LogP contribution in [0.15, 0.2) is 36.5 Å². The van der Waals surface area contributed by atoms with Crippen molar-refractivity contribution in [2.45, 2.75) is 37.7 Å². The second-order valence-corrected chi connectivity index (χ2v) is 7.86. The third-order valence-electron chi connectivity index (χ3n) is 4.99. The molecule has 0 spiro atoms. The highest BCUT2D eigenvalue weighted by Gasteiger charge is 2.50. The van der Waals surface area contributed by atoms with Crippen molar-refractivity contribution in [3.05, 3.63) is 47.7 Å². The largest absolute Gasteiger partial charge is 0.477 e. The average molecular weight is 462 g/mol. The molecule has 0 aliphatic heterocycles. The number of aliphatic hydroxyl groups is 1. The zero-order valence-electron chi connectivity index (χ0n) is 16.8. The minimum Gasteiger partial charge on any atom is -0.477 e. The van der Waals surface area contributed by atoms with E-state index in [1.807, 2.05) is 5.32 Å². The highest BCUT2D eigenvalue weighted by atomic mass is 19.4. The van der Waals surface area contributed by atoms with Crippen LogP contribution in [0.3, 0.4) is 0 Å². The van der Waals surface area contributed by atoms with Gasteiger partial charge in [-0.25, -0.2) is 4.98 Å². The van der Waals surface area contributed by atoms with E-state index in [-0.39, 0.29) is 22.6 Å². The first kappa shape index (κ1) is 23.8. The lowest BCUT2D eigenvalue weighted by atomic mass is 10.0. The van der Waals surface area contributed by atoms with E-state index in [4.69, 9.17) is 4.74 Å². The maximum atomic E-state index is 12.9. The van der Waals surface area contributed by atoms with Gasteiger partial charge in [-0.2, -0.15) is 26.3 Å². The molecular weight excluding hydrogens is 442 g/mol.